The fourth-order valence-electron chi connectivity index (χ4n) is 2.93. The molecule has 27 heavy (non-hydrogen) atoms. The van der Waals surface area contributed by atoms with E-state index in [1.54, 1.807) is 48.7 Å². The molecule has 1 fully saturated rings. The highest BCUT2D eigenvalue weighted by molar-refractivity contribution is 6.01. The number of nitrogens with zero attached hydrogens (tertiary/aromatic N) is 3. The third-order valence-electron chi connectivity index (χ3n) is 4.39. The van der Waals surface area contributed by atoms with Crippen molar-refractivity contribution in [3.63, 3.8) is 0 Å². The molecule has 138 valence electrons. The minimum atomic E-state index is -0.216. The van der Waals surface area contributed by atoms with Gasteiger partial charge in [0.1, 0.15) is 18.2 Å². The Morgan fingerprint density at radius 3 is 2.63 bits per heavy atom. The van der Waals surface area contributed by atoms with Crippen molar-refractivity contribution in [2.24, 2.45) is 0 Å². The Morgan fingerprint density at radius 2 is 1.96 bits per heavy atom. The molecule has 0 unspecified atom stereocenters. The number of carbonyl (C=O) groups is 1. The van der Waals surface area contributed by atoms with Crippen LogP contribution in [0.25, 0.3) is 6.08 Å². The lowest BCUT2D eigenvalue weighted by atomic mass is 10.1. The van der Waals surface area contributed by atoms with Gasteiger partial charge >= 0.3 is 0 Å². The second-order valence-electron chi connectivity index (χ2n) is 6.22. The van der Waals surface area contributed by atoms with E-state index >= 15 is 0 Å². The summed E-state index contributed by atoms with van der Waals surface area (Å²) in [4.78, 5) is 18.1. The van der Waals surface area contributed by atoms with Gasteiger partial charge in [-0.25, -0.2) is 0 Å². The second kappa shape index (κ2) is 8.86. The van der Waals surface area contributed by atoms with Crippen molar-refractivity contribution in [2.45, 2.75) is 19.4 Å². The van der Waals surface area contributed by atoms with Crippen molar-refractivity contribution < 1.29 is 14.3 Å². The van der Waals surface area contributed by atoms with E-state index in [1.807, 2.05) is 18.2 Å². The molecule has 0 saturated carbocycles. The summed E-state index contributed by atoms with van der Waals surface area (Å²) in [5.74, 6) is 0.923. The van der Waals surface area contributed by atoms with E-state index in [9.17, 15) is 10.1 Å². The quantitative estimate of drug-likeness (QED) is 0.582. The first-order valence-corrected chi connectivity index (χ1v) is 8.82. The van der Waals surface area contributed by atoms with Crippen LogP contribution in [0.4, 0.5) is 0 Å². The molecule has 0 aliphatic carbocycles. The van der Waals surface area contributed by atoms with Crippen LogP contribution in [0.1, 0.15) is 24.0 Å². The predicted octanol–water partition coefficient (Wildman–Crippen LogP) is 3.20. The highest BCUT2D eigenvalue weighted by Gasteiger charge is 2.21. The first-order valence-electron chi connectivity index (χ1n) is 8.82. The molecule has 6 heteroatoms. The van der Waals surface area contributed by atoms with Crippen molar-refractivity contribution in [3.05, 3.63) is 59.4 Å². The zero-order valence-electron chi connectivity index (χ0n) is 15.2. The third-order valence-corrected chi connectivity index (χ3v) is 4.39. The number of benzene rings is 1. The van der Waals surface area contributed by atoms with Gasteiger partial charge in [-0.05, 0) is 54.3 Å². The van der Waals surface area contributed by atoms with E-state index in [0.29, 0.717) is 36.8 Å². The minimum absolute atomic E-state index is 0.129. The van der Waals surface area contributed by atoms with Gasteiger partial charge in [0.05, 0.1) is 7.11 Å². The van der Waals surface area contributed by atoms with Gasteiger partial charge in [-0.15, -0.1) is 0 Å². The molecule has 0 N–H and O–H groups in total. The van der Waals surface area contributed by atoms with E-state index in [2.05, 4.69) is 4.98 Å². The number of ether oxygens (including phenoxy) is 2. The Labute approximate surface area is 158 Å². The van der Waals surface area contributed by atoms with Crippen molar-refractivity contribution >= 4 is 12.0 Å². The van der Waals surface area contributed by atoms with Gasteiger partial charge in [-0.3, -0.25) is 9.78 Å². The lowest BCUT2D eigenvalue weighted by Crippen LogP contribution is -2.28. The standard InChI is InChI=1S/C21H21N3O3/c1-26-20-13-17(12-18(14-22)21(25)24-10-2-3-11-24)4-5-19(20)27-15-16-6-8-23-9-7-16/h4-9,12-13H,2-3,10-11,15H2,1H3/b18-12+. The number of methoxy groups -OCH3 is 1. The normalized spacial score (nSPS) is 13.9. The summed E-state index contributed by atoms with van der Waals surface area (Å²) >= 11 is 0. The fourth-order valence-corrected chi connectivity index (χ4v) is 2.93. The summed E-state index contributed by atoms with van der Waals surface area (Å²) in [6.07, 6.45) is 6.99. The van der Waals surface area contributed by atoms with E-state index < -0.39 is 0 Å². The van der Waals surface area contributed by atoms with Crippen molar-refractivity contribution in [3.8, 4) is 17.6 Å². The first-order chi connectivity index (χ1) is 13.2. The van der Waals surface area contributed by atoms with Crippen LogP contribution >= 0.6 is 0 Å². The number of hydrogen-bond acceptors (Lipinski definition) is 5. The first kappa shape index (κ1) is 18.5. The Kier molecular flexibility index (Phi) is 6.06. The van der Waals surface area contributed by atoms with Crippen LogP contribution in [0.3, 0.4) is 0 Å². The van der Waals surface area contributed by atoms with Crippen LogP contribution in [0.5, 0.6) is 11.5 Å². The lowest BCUT2D eigenvalue weighted by Gasteiger charge is -2.14. The number of rotatable bonds is 6. The maximum Gasteiger partial charge on any atom is 0.264 e. The zero-order chi connectivity index (χ0) is 19.1. The van der Waals surface area contributed by atoms with Gasteiger partial charge in [0, 0.05) is 25.5 Å². The largest absolute Gasteiger partial charge is 0.493 e. The average molecular weight is 363 g/mol. The molecule has 0 atom stereocenters. The molecule has 0 spiro atoms. The highest BCUT2D eigenvalue weighted by Crippen LogP contribution is 2.30. The molecule has 0 radical (unpaired) electrons. The topological polar surface area (TPSA) is 75.5 Å². The van der Waals surface area contributed by atoms with Gasteiger partial charge in [-0.1, -0.05) is 6.07 Å². The van der Waals surface area contributed by atoms with E-state index in [4.69, 9.17) is 9.47 Å². The second-order valence-corrected chi connectivity index (χ2v) is 6.22. The van der Waals surface area contributed by atoms with Gasteiger partial charge in [0.15, 0.2) is 11.5 Å². The number of likely N-dealkylation sites (tertiary alicyclic amines) is 1. The predicted molar refractivity (Wildman–Crippen MR) is 101 cm³/mol. The van der Waals surface area contributed by atoms with Crippen molar-refractivity contribution in [2.75, 3.05) is 20.2 Å². The molecule has 0 bridgehead atoms. The summed E-state index contributed by atoms with van der Waals surface area (Å²) in [7, 11) is 1.56. The molecule has 6 nitrogen and oxygen atoms in total. The summed E-state index contributed by atoms with van der Waals surface area (Å²) in [5.41, 5.74) is 1.84. The molecule has 1 aliphatic heterocycles. The molecule has 3 rings (SSSR count). The maximum absolute atomic E-state index is 12.4. The average Bonchev–Trinajstić information content (AvgIpc) is 3.26. The number of carbonyl (C=O) groups excluding carboxylic acids is 1. The molecule has 1 aromatic heterocycles. The Bertz CT molecular complexity index is 866. The fraction of sp³-hybridized carbons (Fsp3) is 0.286. The Morgan fingerprint density at radius 1 is 1.22 bits per heavy atom. The SMILES string of the molecule is COc1cc(/C=C(\C#N)C(=O)N2CCCC2)ccc1OCc1ccncc1. The van der Waals surface area contributed by atoms with Crippen molar-refractivity contribution in [1.82, 2.24) is 9.88 Å². The number of hydrogen-bond donors (Lipinski definition) is 0. The summed E-state index contributed by atoms with van der Waals surface area (Å²) in [6.45, 7) is 1.82. The van der Waals surface area contributed by atoms with Gasteiger partial charge < -0.3 is 14.4 Å². The molecule has 1 amide bonds. The number of aromatic nitrogens is 1. The number of amides is 1. The monoisotopic (exact) mass is 363 g/mol. The van der Waals surface area contributed by atoms with Crippen LogP contribution in [0, 0.1) is 11.3 Å². The van der Waals surface area contributed by atoms with Crippen molar-refractivity contribution in [1.29, 1.82) is 5.26 Å². The summed E-state index contributed by atoms with van der Waals surface area (Å²) < 4.78 is 11.2. The smallest absolute Gasteiger partial charge is 0.264 e. The van der Waals surface area contributed by atoms with Crippen LogP contribution in [-0.4, -0.2) is 36.0 Å². The molecule has 1 aliphatic rings. The Hall–Kier alpha value is -3.33. The van der Waals surface area contributed by atoms with Crippen LogP contribution < -0.4 is 9.47 Å². The third kappa shape index (κ3) is 4.64. The maximum atomic E-state index is 12.4. The zero-order valence-corrected chi connectivity index (χ0v) is 15.2. The van der Waals surface area contributed by atoms with Crippen LogP contribution in [0.15, 0.2) is 48.3 Å². The summed E-state index contributed by atoms with van der Waals surface area (Å²) in [6, 6.07) is 11.1. The van der Waals surface area contributed by atoms with Gasteiger partial charge in [0.25, 0.3) is 5.91 Å². The van der Waals surface area contributed by atoms with Gasteiger partial charge in [-0.2, -0.15) is 5.26 Å². The molecular weight excluding hydrogens is 342 g/mol. The van der Waals surface area contributed by atoms with E-state index in [-0.39, 0.29) is 11.5 Å². The van der Waals surface area contributed by atoms with Gasteiger partial charge in [0.2, 0.25) is 0 Å². The minimum Gasteiger partial charge on any atom is -0.493 e. The molecule has 2 aromatic rings. The number of nitriles is 1. The highest BCUT2D eigenvalue weighted by atomic mass is 16.5. The van der Waals surface area contributed by atoms with E-state index in [0.717, 1.165) is 18.4 Å². The van der Waals surface area contributed by atoms with Crippen LogP contribution in [-0.2, 0) is 11.4 Å². The number of pyridine rings is 1. The molecular formula is C21H21N3O3. The Balaban J connectivity index is 1.76. The summed E-state index contributed by atoms with van der Waals surface area (Å²) in [5, 5.41) is 9.38. The molecule has 1 aromatic carbocycles. The van der Waals surface area contributed by atoms with E-state index in [1.165, 1.54) is 0 Å². The molecule has 1 saturated heterocycles. The van der Waals surface area contributed by atoms with Crippen LogP contribution in [0.2, 0.25) is 0 Å². The molecule has 2 heterocycles. The lowest BCUT2D eigenvalue weighted by molar-refractivity contribution is -0.125.